The van der Waals surface area contributed by atoms with Crippen LogP contribution >= 0.6 is 11.6 Å². The third-order valence-corrected chi connectivity index (χ3v) is 2.37. The van der Waals surface area contributed by atoms with Gasteiger partial charge >= 0.3 is 5.97 Å². The standard InChI is InChI=1S/C11H12ClNO3/c1-3-9(14)7(2)16-11(15)8-5-4-6-13-10(8)12/h4-7H,3H2,1-2H3. The quantitative estimate of drug-likeness (QED) is 0.599. The van der Waals surface area contributed by atoms with Crippen LogP contribution in [-0.4, -0.2) is 22.8 Å². The summed E-state index contributed by atoms with van der Waals surface area (Å²) in [6.45, 7) is 3.25. The third kappa shape index (κ3) is 3.03. The topological polar surface area (TPSA) is 56.3 Å². The molecule has 16 heavy (non-hydrogen) atoms. The maximum atomic E-state index is 11.6. The van der Waals surface area contributed by atoms with Crippen molar-refractivity contribution in [2.24, 2.45) is 0 Å². The van der Waals surface area contributed by atoms with Crippen molar-refractivity contribution in [2.45, 2.75) is 26.4 Å². The van der Waals surface area contributed by atoms with E-state index in [2.05, 4.69) is 4.98 Å². The van der Waals surface area contributed by atoms with E-state index in [4.69, 9.17) is 16.3 Å². The highest BCUT2D eigenvalue weighted by atomic mass is 35.5. The Morgan fingerprint density at radius 2 is 2.25 bits per heavy atom. The van der Waals surface area contributed by atoms with E-state index in [1.54, 1.807) is 13.0 Å². The maximum absolute atomic E-state index is 11.6. The molecule has 0 bridgehead atoms. The molecule has 5 heteroatoms. The van der Waals surface area contributed by atoms with E-state index in [9.17, 15) is 9.59 Å². The molecule has 1 rings (SSSR count). The van der Waals surface area contributed by atoms with E-state index >= 15 is 0 Å². The fourth-order valence-electron chi connectivity index (χ4n) is 1.12. The molecule has 1 aromatic rings. The second-order valence-corrected chi connectivity index (χ2v) is 3.57. The zero-order valence-electron chi connectivity index (χ0n) is 9.07. The molecule has 0 radical (unpaired) electrons. The van der Waals surface area contributed by atoms with E-state index < -0.39 is 12.1 Å². The molecule has 0 spiro atoms. The predicted molar refractivity (Wildman–Crippen MR) is 59.4 cm³/mol. The van der Waals surface area contributed by atoms with Gasteiger partial charge in [-0.15, -0.1) is 0 Å². The molecule has 4 nitrogen and oxygen atoms in total. The van der Waals surface area contributed by atoms with Crippen molar-refractivity contribution in [1.29, 1.82) is 0 Å². The fourth-order valence-corrected chi connectivity index (χ4v) is 1.31. The van der Waals surface area contributed by atoms with E-state index in [-0.39, 0.29) is 16.5 Å². The van der Waals surface area contributed by atoms with Crippen LogP contribution in [0.3, 0.4) is 0 Å². The van der Waals surface area contributed by atoms with Gasteiger partial charge in [0, 0.05) is 12.6 Å². The highest BCUT2D eigenvalue weighted by Crippen LogP contribution is 2.14. The minimum atomic E-state index is -0.756. The molecule has 1 atom stereocenters. The number of ketones is 1. The summed E-state index contributed by atoms with van der Waals surface area (Å²) in [4.78, 5) is 26.6. The molecule has 0 N–H and O–H groups in total. The van der Waals surface area contributed by atoms with Crippen molar-refractivity contribution in [1.82, 2.24) is 4.98 Å². The summed E-state index contributed by atoms with van der Waals surface area (Å²) in [5.74, 6) is -0.763. The molecule has 0 amide bonds. The highest BCUT2D eigenvalue weighted by Gasteiger charge is 2.19. The minimum Gasteiger partial charge on any atom is -0.451 e. The lowest BCUT2D eigenvalue weighted by molar-refractivity contribution is -0.126. The average Bonchev–Trinajstić information content (AvgIpc) is 2.28. The molecule has 0 fully saturated rings. The Labute approximate surface area is 98.6 Å². The Hall–Kier alpha value is -1.42. The Morgan fingerprint density at radius 3 is 2.81 bits per heavy atom. The summed E-state index contributed by atoms with van der Waals surface area (Å²) in [6.07, 6.45) is 1.04. The molecule has 0 aliphatic carbocycles. The molecular formula is C11H12ClNO3. The van der Waals surface area contributed by atoms with Crippen LogP contribution in [0.1, 0.15) is 30.6 Å². The van der Waals surface area contributed by atoms with Crippen LogP contribution in [0, 0.1) is 0 Å². The van der Waals surface area contributed by atoms with Crippen LogP contribution in [-0.2, 0) is 9.53 Å². The first-order valence-corrected chi connectivity index (χ1v) is 5.28. The monoisotopic (exact) mass is 241 g/mol. The maximum Gasteiger partial charge on any atom is 0.341 e. The van der Waals surface area contributed by atoms with Crippen molar-refractivity contribution in [3.63, 3.8) is 0 Å². The number of esters is 1. The molecule has 0 aliphatic heterocycles. The summed E-state index contributed by atoms with van der Waals surface area (Å²) < 4.78 is 4.96. The first-order valence-electron chi connectivity index (χ1n) is 4.90. The second-order valence-electron chi connectivity index (χ2n) is 3.21. The van der Waals surface area contributed by atoms with Crippen molar-refractivity contribution in [3.8, 4) is 0 Å². The number of aromatic nitrogens is 1. The SMILES string of the molecule is CCC(=O)C(C)OC(=O)c1cccnc1Cl. The lowest BCUT2D eigenvalue weighted by Gasteiger charge is -2.11. The zero-order chi connectivity index (χ0) is 12.1. The van der Waals surface area contributed by atoms with Gasteiger partial charge in [0.15, 0.2) is 11.9 Å². The van der Waals surface area contributed by atoms with Gasteiger partial charge in [-0.3, -0.25) is 4.79 Å². The van der Waals surface area contributed by atoms with E-state index in [0.29, 0.717) is 6.42 Å². The fraction of sp³-hybridized carbons (Fsp3) is 0.364. The number of hydrogen-bond donors (Lipinski definition) is 0. The summed E-state index contributed by atoms with van der Waals surface area (Å²) >= 11 is 5.72. The van der Waals surface area contributed by atoms with Gasteiger partial charge in [-0.05, 0) is 19.1 Å². The molecule has 0 saturated carbocycles. The number of nitrogens with zero attached hydrogens (tertiary/aromatic N) is 1. The van der Waals surface area contributed by atoms with Crippen molar-refractivity contribution >= 4 is 23.4 Å². The largest absolute Gasteiger partial charge is 0.451 e. The molecule has 0 aromatic carbocycles. The third-order valence-electron chi connectivity index (χ3n) is 2.06. The van der Waals surface area contributed by atoms with Gasteiger partial charge in [-0.1, -0.05) is 18.5 Å². The van der Waals surface area contributed by atoms with Crippen LogP contribution in [0.4, 0.5) is 0 Å². The number of ether oxygens (including phenoxy) is 1. The number of Topliss-reactive ketones (excluding diaryl/α,β-unsaturated/α-hetero) is 1. The van der Waals surface area contributed by atoms with E-state index in [1.165, 1.54) is 19.2 Å². The first-order chi connectivity index (χ1) is 7.56. The van der Waals surface area contributed by atoms with Gasteiger partial charge in [0.25, 0.3) is 0 Å². The van der Waals surface area contributed by atoms with Crippen molar-refractivity contribution in [2.75, 3.05) is 0 Å². The molecule has 1 heterocycles. The van der Waals surface area contributed by atoms with Crippen LogP contribution in [0.2, 0.25) is 5.15 Å². The summed E-state index contributed by atoms with van der Waals surface area (Å²) in [5.41, 5.74) is 0.167. The number of rotatable bonds is 4. The summed E-state index contributed by atoms with van der Waals surface area (Å²) in [5, 5.41) is 0.0728. The second kappa shape index (κ2) is 5.61. The number of pyridine rings is 1. The molecule has 86 valence electrons. The molecular weight excluding hydrogens is 230 g/mol. The smallest absolute Gasteiger partial charge is 0.341 e. The normalized spacial score (nSPS) is 11.9. The van der Waals surface area contributed by atoms with Crippen molar-refractivity contribution < 1.29 is 14.3 Å². The van der Waals surface area contributed by atoms with E-state index in [1.807, 2.05) is 0 Å². The van der Waals surface area contributed by atoms with Crippen molar-refractivity contribution in [3.05, 3.63) is 29.0 Å². The van der Waals surface area contributed by atoms with E-state index in [0.717, 1.165) is 0 Å². The average molecular weight is 242 g/mol. The predicted octanol–water partition coefficient (Wildman–Crippen LogP) is 2.26. The Balaban J connectivity index is 2.73. The van der Waals surface area contributed by atoms with Crippen LogP contribution < -0.4 is 0 Å². The number of carbonyl (C=O) groups is 2. The molecule has 1 unspecified atom stereocenters. The molecule has 0 aliphatic rings. The van der Waals surface area contributed by atoms with Crippen LogP contribution in [0.5, 0.6) is 0 Å². The zero-order valence-corrected chi connectivity index (χ0v) is 9.82. The van der Waals surface area contributed by atoms with Gasteiger partial charge in [0.2, 0.25) is 0 Å². The Bertz CT molecular complexity index is 406. The van der Waals surface area contributed by atoms with Gasteiger partial charge in [-0.2, -0.15) is 0 Å². The minimum absolute atomic E-state index is 0.0728. The summed E-state index contributed by atoms with van der Waals surface area (Å²) in [7, 11) is 0. The first kappa shape index (κ1) is 12.6. The lowest BCUT2D eigenvalue weighted by atomic mass is 10.2. The van der Waals surface area contributed by atoms with Gasteiger partial charge in [0.1, 0.15) is 5.15 Å². The Kier molecular flexibility index (Phi) is 4.43. The Morgan fingerprint density at radius 1 is 1.56 bits per heavy atom. The molecule has 0 saturated heterocycles. The molecule has 1 aromatic heterocycles. The van der Waals surface area contributed by atoms with Gasteiger partial charge in [-0.25, -0.2) is 9.78 Å². The van der Waals surface area contributed by atoms with Gasteiger partial charge < -0.3 is 4.74 Å². The summed E-state index contributed by atoms with van der Waals surface area (Å²) in [6, 6.07) is 3.08. The lowest BCUT2D eigenvalue weighted by Crippen LogP contribution is -2.23. The highest BCUT2D eigenvalue weighted by molar-refractivity contribution is 6.32. The number of carbonyl (C=O) groups excluding carboxylic acids is 2. The van der Waals surface area contributed by atoms with Crippen LogP contribution in [0.25, 0.3) is 0 Å². The number of halogens is 1. The van der Waals surface area contributed by atoms with Crippen LogP contribution in [0.15, 0.2) is 18.3 Å². The van der Waals surface area contributed by atoms with Gasteiger partial charge in [0.05, 0.1) is 5.56 Å². The number of hydrogen-bond acceptors (Lipinski definition) is 4.